The van der Waals surface area contributed by atoms with E-state index >= 15 is 0 Å². The van der Waals surface area contributed by atoms with E-state index in [1.54, 1.807) is 11.8 Å². The molecule has 1 unspecified atom stereocenters. The van der Waals surface area contributed by atoms with Gasteiger partial charge in [0.1, 0.15) is 0 Å². The highest BCUT2D eigenvalue weighted by Crippen LogP contribution is 2.03. The molecule has 0 aliphatic heterocycles. The molecule has 0 saturated carbocycles. The molecule has 1 atom stereocenters. The lowest BCUT2D eigenvalue weighted by atomic mass is 10.3. The molecule has 60 valence electrons. The molecule has 0 rings (SSSR count). The number of alkyl halides is 1. The number of hydrogen-bond donors (Lipinski definition) is 0. The molecule has 0 radical (unpaired) electrons. The lowest BCUT2D eigenvalue weighted by Gasteiger charge is -2.14. The van der Waals surface area contributed by atoms with Crippen LogP contribution < -0.4 is 0 Å². The number of carbonyl (C=O) groups excluding carboxylic acids is 1. The van der Waals surface area contributed by atoms with Gasteiger partial charge in [-0.05, 0) is 6.42 Å². The van der Waals surface area contributed by atoms with Gasteiger partial charge in [-0.15, -0.1) is 0 Å². The highest BCUT2D eigenvalue weighted by molar-refractivity contribution is 9.09. The molecule has 0 aliphatic rings. The molecule has 0 spiro atoms. The SMILES string of the molecule is CC(=O)N(C)CCC(C)Br. The first-order valence-corrected chi connectivity index (χ1v) is 4.31. The smallest absolute Gasteiger partial charge is 0.219 e. The van der Waals surface area contributed by atoms with Gasteiger partial charge in [-0.1, -0.05) is 22.9 Å². The molecule has 0 fully saturated rings. The summed E-state index contributed by atoms with van der Waals surface area (Å²) in [6.45, 7) is 4.49. The van der Waals surface area contributed by atoms with Crippen LogP contribution in [0.1, 0.15) is 20.3 Å². The summed E-state index contributed by atoms with van der Waals surface area (Å²) in [5.74, 6) is 0.133. The van der Waals surface area contributed by atoms with Crippen molar-refractivity contribution < 1.29 is 4.79 Å². The topological polar surface area (TPSA) is 20.3 Å². The zero-order valence-corrected chi connectivity index (χ0v) is 8.31. The van der Waals surface area contributed by atoms with E-state index in [0.717, 1.165) is 13.0 Å². The number of carbonyl (C=O) groups is 1. The summed E-state index contributed by atoms with van der Waals surface area (Å²) in [4.78, 5) is 12.9. The van der Waals surface area contributed by atoms with Gasteiger partial charge in [0.15, 0.2) is 0 Å². The largest absolute Gasteiger partial charge is 0.346 e. The molecule has 0 aromatic rings. The lowest BCUT2D eigenvalue weighted by molar-refractivity contribution is -0.127. The predicted molar refractivity (Wildman–Crippen MR) is 46.3 cm³/mol. The molecule has 0 N–H and O–H groups in total. The molecule has 0 saturated heterocycles. The standard InChI is InChI=1S/C7H14BrNO/c1-6(8)4-5-9(3)7(2)10/h6H,4-5H2,1-3H3. The Balaban J connectivity index is 3.40. The molecule has 3 heteroatoms. The summed E-state index contributed by atoms with van der Waals surface area (Å²) < 4.78 is 0. The van der Waals surface area contributed by atoms with Crippen molar-refractivity contribution in [2.45, 2.75) is 25.1 Å². The van der Waals surface area contributed by atoms with Gasteiger partial charge in [0, 0.05) is 25.3 Å². The Morgan fingerprint density at radius 2 is 2.20 bits per heavy atom. The minimum Gasteiger partial charge on any atom is -0.346 e. The third kappa shape index (κ3) is 4.79. The van der Waals surface area contributed by atoms with E-state index in [0.29, 0.717) is 4.83 Å². The van der Waals surface area contributed by atoms with Crippen molar-refractivity contribution in [2.24, 2.45) is 0 Å². The van der Waals surface area contributed by atoms with Gasteiger partial charge in [0.05, 0.1) is 0 Å². The third-order valence-electron chi connectivity index (χ3n) is 1.40. The third-order valence-corrected chi connectivity index (χ3v) is 1.86. The first-order chi connectivity index (χ1) is 4.54. The second-order valence-electron chi connectivity index (χ2n) is 2.51. The molecule has 10 heavy (non-hydrogen) atoms. The predicted octanol–water partition coefficient (Wildman–Crippen LogP) is 1.64. The van der Waals surface area contributed by atoms with Crippen LogP contribution in [-0.2, 0) is 4.79 Å². The average molecular weight is 208 g/mol. The summed E-state index contributed by atoms with van der Waals surface area (Å²) >= 11 is 3.41. The van der Waals surface area contributed by atoms with Gasteiger partial charge >= 0.3 is 0 Å². The van der Waals surface area contributed by atoms with Crippen molar-refractivity contribution in [3.63, 3.8) is 0 Å². The van der Waals surface area contributed by atoms with E-state index in [1.807, 2.05) is 7.05 Å². The highest BCUT2D eigenvalue weighted by Gasteiger charge is 2.02. The summed E-state index contributed by atoms with van der Waals surface area (Å²) in [6, 6.07) is 0. The normalized spacial score (nSPS) is 12.8. The highest BCUT2D eigenvalue weighted by atomic mass is 79.9. The van der Waals surface area contributed by atoms with E-state index in [4.69, 9.17) is 0 Å². The van der Waals surface area contributed by atoms with Crippen LogP contribution in [0.5, 0.6) is 0 Å². The van der Waals surface area contributed by atoms with Crippen LogP contribution >= 0.6 is 15.9 Å². The Bertz CT molecular complexity index is 114. The van der Waals surface area contributed by atoms with Crippen LogP contribution in [0.15, 0.2) is 0 Å². The first-order valence-electron chi connectivity index (χ1n) is 3.39. The number of halogens is 1. The van der Waals surface area contributed by atoms with E-state index in [-0.39, 0.29) is 5.91 Å². The molecule has 0 aliphatic carbocycles. The summed E-state index contributed by atoms with van der Waals surface area (Å²) in [5.41, 5.74) is 0. The maximum absolute atomic E-state index is 10.7. The van der Waals surface area contributed by atoms with Gasteiger partial charge in [-0.3, -0.25) is 4.79 Å². The van der Waals surface area contributed by atoms with Crippen LogP contribution in [0.2, 0.25) is 0 Å². The summed E-state index contributed by atoms with van der Waals surface area (Å²) in [7, 11) is 1.82. The van der Waals surface area contributed by atoms with Crippen molar-refractivity contribution in [2.75, 3.05) is 13.6 Å². The summed E-state index contributed by atoms with van der Waals surface area (Å²) in [6.07, 6.45) is 1.01. The van der Waals surface area contributed by atoms with E-state index in [9.17, 15) is 4.79 Å². The minimum absolute atomic E-state index is 0.133. The van der Waals surface area contributed by atoms with E-state index in [1.165, 1.54) is 0 Å². The second kappa shape index (κ2) is 4.72. The van der Waals surface area contributed by atoms with Crippen LogP contribution in [0.4, 0.5) is 0 Å². The zero-order chi connectivity index (χ0) is 8.15. The fourth-order valence-corrected chi connectivity index (χ4v) is 0.734. The quantitative estimate of drug-likeness (QED) is 0.645. The van der Waals surface area contributed by atoms with E-state index < -0.39 is 0 Å². The van der Waals surface area contributed by atoms with Crippen LogP contribution in [-0.4, -0.2) is 29.2 Å². The number of rotatable bonds is 3. The Morgan fingerprint density at radius 1 is 1.70 bits per heavy atom. The van der Waals surface area contributed by atoms with Gasteiger partial charge in [0.2, 0.25) is 5.91 Å². The fourth-order valence-electron chi connectivity index (χ4n) is 0.529. The van der Waals surface area contributed by atoms with Gasteiger partial charge in [-0.25, -0.2) is 0 Å². The summed E-state index contributed by atoms with van der Waals surface area (Å²) in [5, 5.41) is 0. The number of hydrogen-bond acceptors (Lipinski definition) is 1. The minimum atomic E-state index is 0.133. The molecule has 0 heterocycles. The van der Waals surface area contributed by atoms with Crippen molar-refractivity contribution in [1.29, 1.82) is 0 Å². The van der Waals surface area contributed by atoms with Crippen LogP contribution in [0.3, 0.4) is 0 Å². The molecule has 0 aromatic heterocycles. The van der Waals surface area contributed by atoms with Gasteiger partial charge < -0.3 is 4.90 Å². The second-order valence-corrected chi connectivity index (χ2v) is 4.07. The van der Waals surface area contributed by atoms with Crippen LogP contribution in [0.25, 0.3) is 0 Å². The first kappa shape index (κ1) is 9.95. The van der Waals surface area contributed by atoms with Crippen molar-refractivity contribution in [3.05, 3.63) is 0 Å². The average Bonchev–Trinajstić information content (AvgIpc) is 1.82. The maximum Gasteiger partial charge on any atom is 0.219 e. The monoisotopic (exact) mass is 207 g/mol. The zero-order valence-electron chi connectivity index (χ0n) is 6.72. The van der Waals surface area contributed by atoms with Crippen molar-refractivity contribution in [1.82, 2.24) is 4.90 Å². The molecule has 0 aromatic carbocycles. The Morgan fingerprint density at radius 3 is 2.50 bits per heavy atom. The number of amides is 1. The molecule has 2 nitrogen and oxygen atoms in total. The Labute approximate surface area is 70.7 Å². The van der Waals surface area contributed by atoms with Crippen LogP contribution in [0, 0.1) is 0 Å². The Kier molecular flexibility index (Phi) is 4.69. The van der Waals surface area contributed by atoms with Gasteiger partial charge in [-0.2, -0.15) is 0 Å². The van der Waals surface area contributed by atoms with Crippen molar-refractivity contribution >= 4 is 21.8 Å². The fraction of sp³-hybridized carbons (Fsp3) is 0.857. The molecular weight excluding hydrogens is 194 g/mol. The molecule has 0 bridgehead atoms. The molecule has 1 amide bonds. The molecular formula is C7H14BrNO. The van der Waals surface area contributed by atoms with Crippen molar-refractivity contribution in [3.8, 4) is 0 Å². The van der Waals surface area contributed by atoms with Gasteiger partial charge in [0.25, 0.3) is 0 Å². The number of nitrogens with zero attached hydrogens (tertiary/aromatic N) is 1. The Hall–Kier alpha value is -0.0500. The maximum atomic E-state index is 10.7. The lowest BCUT2D eigenvalue weighted by Crippen LogP contribution is -2.25. The van der Waals surface area contributed by atoms with E-state index in [2.05, 4.69) is 22.9 Å².